The molecule has 3 atom stereocenters. The molecule has 1 saturated heterocycles. The fourth-order valence-corrected chi connectivity index (χ4v) is 4.56. The van der Waals surface area contributed by atoms with Gasteiger partial charge in [-0.25, -0.2) is 0 Å². The van der Waals surface area contributed by atoms with E-state index in [1.807, 2.05) is 7.05 Å². The third kappa shape index (κ3) is 4.39. The highest BCUT2D eigenvalue weighted by Gasteiger charge is 2.27. The van der Waals surface area contributed by atoms with E-state index in [9.17, 15) is 0 Å². The van der Waals surface area contributed by atoms with Gasteiger partial charge in [-0.2, -0.15) is 0 Å². The zero-order chi connectivity index (χ0) is 19.3. The van der Waals surface area contributed by atoms with Crippen LogP contribution in [0.5, 0.6) is 0 Å². The van der Waals surface area contributed by atoms with E-state index in [1.165, 1.54) is 23.1 Å². The van der Waals surface area contributed by atoms with Crippen LogP contribution < -0.4 is 10.6 Å². The average molecular weight is 377 g/mol. The smallest absolute Gasteiger partial charge is 0.191 e. The maximum atomic E-state index is 4.46. The highest BCUT2D eigenvalue weighted by atomic mass is 15.2. The first-order valence-electron chi connectivity index (χ1n) is 10.6. The summed E-state index contributed by atoms with van der Waals surface area (Å²) in [6.07, 6.45) is 3.49. The zero-order valence-electron chi connectivity index (χ0n) is 17.1. The Kier molecular flexibility index (Phi) is 5.96. The number of likely N-dealkylation sites (tertiary alicyclic amines) is 1. The number of benzene rings is 2. The molecule has 4 rings (SSSR count). The molecule has 28 heavy (non-hydrogen) atoms. The summed E-state index contributed by atoms with van der Waals surface area (Å²) in [7, 11) is 1.87. The number of nitrogens with zero attached hydrogens (tertiary/aromatic N) is 2. The molecular weight excluding hydrogens is 344 g/mol. The molecule has 2 aromatic carbocycles. The summed E-state index contributed by atoms with van der Waals surface area (Å²) >= 11 is 0. The Morgan fingerprint density at radius 2 is 1.89 bits per heavy atom. The van der Waals surface area contributed by atoms with E-state index in [2.05, 4.69) is 82.0 Å². The number of nitrogens with one attached hydrogen (secondary N) is 2. The third-order valence-electron chi connectivity index (χ3n) is 6.28. The van der Waals surface area contributed by atoms with Crippen molar-refractivity contribution in [2.75, 3.05) is 20.1 Å². The molecule has 1 heterocycles. The number of piperidine rings is 1. The van der Waals surface area contributed by atoms with Crippen molar-refractivity contribution in [3.8, 4) is 0 Å². The van der Waals surface area contributed by atoms with Crippen LogP contribution in [-0.4, -0.2) is 43.1 Å². The molecule has 3 unspecified atom stereocenters. The molecule has 1 aliphatic carbocycles. The normalized spacial score (nSPS) is 24.9. The quantitative estimate of drug-likeness (QED) is 0.619. The van der Waals surface area contributed by atoms with Crippen LogP contribution in [0.4, 0.5) is 0 Å². The van der Waals surface area contributed by atoms with Gasteiger partial charge in [-0.15, -0.1) is 0 Å². The number of hydrogen-bond acceptors (Lipinski definition) is 2. The molecule has 1 fully saturated rings. The van der Waals surface area contributed by atoms with Crippen molar-refractivity contribution in [1.82, 2.24) is 15.5 Å². The van der Waals surface area contributed by atoms with E-state index in [-0.39, 0.29) is 0 Å². The van der Waals surface area contributed by atoms with Crippen LogP contribution in [0.3, 0.4) is 0 Å². The lowest BCUT2D eigenvalue weighted by Gasteiger charge is -2.38. The molecule has 0 aromatic heterocycles. The van der Waals surface area contributed by atoms with Crippen molar-refractivity contribution in [3.63, 3.8) is 0 Å². The Hall–Kier alpha value is -2.33. The molecular formula is C24H32N4. The lowest BCUT2D eigenvalue weighted by Crippen LogP contribution is -2.51. The minimum atomic E-state index is 0.488. The summed E-state index contributed by atoms with van der Waals surface area (Å²) in [6, 6.07) is 20.6. The second-order valence-corrected chi connectivity index (χ2v) is 8.22. The van der Waals surface area contributed by atoms with Gasteiger partial charge in [0.15, 0.2) is 5.96 Å². The summed E-state index contributed by atoms with van der Waals surface area (Å²) in [5, 5.41) is 7.21. The van der Waals surface area contributed by atoms with Gasteiger partial charge < -0.3 is 10.6 Å². The molecule has 0 spiro atoms. The van der Waals surface area contributed by atoms with Crippen LogP contribution in [0.2, 0.25) is 0 Å². The van der Waals surface area contributed by atoms with Gasteiger partial charge >= 0.3 is 0 Å². The first-order chi connectivity index (χ1) is 13.7. The molecule has 2 aliphatic rings. The molecule has 0 saturated carbocycles. The lowest BCUT2D eigenvalue weighted by molar-refractivity contribution is 0.134. The zero-order valence-corrected chi connectivity index (χ0v) is 17.1. The fraction of sp³-hybridized carbons (Fsp3) is 0.458. The minimum Gasteiger partial charge on any atom is -0.356 e. The fourth-order valence-electron chi connectivity index (χ4n) is 4.56. The Morgan fingerprint density at radius 3 is 2.64 bits per heavy atom. The first-order valence-corrected chi connectivity index (χ1v) is 10.6. The molecule has 2 N–H and O–H groups in total. The van der Waals surface area contributed by atoms with Gasteiger partial charge in [-0.3, -0.25) is 9.89 Å². The molecule has 1 aliphatic heterocycles. The topological polar surface area (TPSA) is 39.7 Å². The predicted molar refractivity (Wildman–Crippen MR) is 117 cm³/mol. The largest absolute Gasteiger partial charge is 0.356 e. The van der Waals surface area contributed by atoms with E-state index in [0.717, 1.165) is 38.4 Å². The SMILES string of the molecule is CN=C(NCC1Cc2ccccc21)NC1CCN(Cc2ccccc2)C(C)C1. The second-order valence-electron chi connectivity index (χ2n) is 8.22. The van der Waals surface area contributed by atoms with Crippen molar-refractivity contribution in [3.05, 3.63) is 71.3 Å². The van der Waals surface area contributed by atoms with Crippen molar-refractivity contribution in [2.24, 2.45) is 4.99 Å². The maximum absolute atomic E-state index is 4.46. The molecule has 4 nitrogen and oxygen atoms in total. The number of fused-ring (bicyclic) bond motifs is 1. The van der Waals surface area contributed by atoms with Crippen LogP contribution >= 0.6 is 0 Å². The van der Waals surface area contributed by atoms with Crippen molar-refractivity contribution < 1.29 is 0 Å². The summed E-state index contributed by atoms with van der Waals surface area (Å²) in [4.78, 5) is 7.05. The van der Waals surface area contributed by atoms with E-state index in [1.54, 1.807) is 0 Å². The van der Waals surface area contributed by atoms with Crippen molar-refractivity contribution >= 4 is 5.96 Å². The Morgan fingerprint density at radius 1 is 1.11 bits per heavy atom. The Bertz CT molecular complexity index is 801. The van der Waals surface area contributed by atoms with Crippen LogP contribution in [0.25, 0.3) is 0 Å². The molecule has 148 valence electrons. The molecule has 0 amide bonds. The highest BCUT2D eigenvalue weighted by molar-refractivity contribution is 5.80. The number of aliphatic imine (C=N–C) groups is 1. The maximum Gasteiger partial charge on any atom is 0.191 e. The Balaban J connectivity index is 1.24. The highest BCUT2D eigenvalue weighted by Crippen LogP contribution is 2.33. The van der Waals surface area contributed by atoms with Crippen LogP contribution in [0.15, 0.2) is 59.6 Å². The van der Waals surface area contributed by atoms with Crippen molar-refractivity contribution in [2.45, 2.75) is 50.7 Å². The van der Waals surface area contributed by atoms with Crippen LogP contribution in [0, 0.1) is 0 Å². The average Bonchev–Trinajstić information content (AvgIpc) is 2.70. The second kappa shape index (κ2) is 8.78. The van der Waals surface area contributed by atoms with Gasteiger partial charge in [0, 0.05) is 44.7 Å². The van der Waals surface area contributed by atoms with E-state index in [0.29, 0.717) is 18.0 Å². The molecule has 0 bridgehead atoms. The number of hydrogen-bond donors (Lipinski definition) is 2. The van der Waals surface area contributed by atoms with E-state index < -0.39 is 0 Å². The number of rotatable bonds is 5. The lowest BCUT2D eigenvalue weighted by atomic mass is 9.78. The first kappa shape index (κ1) is 19.0. The van der Waals surface area contributed by atoms with Gasteiger partial charge in [-0.1, -0.05) is 54.6 Å². The van der Waals surface area contributed by atoms with Crippen LogP contribution in [0.1, 0.15) is 42.4 Å². The van der Waals surface area contributed by atoms with Gasteiger partial charge in [0.25, 0.3) is 0 Å². The summed E-state index contributed by atoms with van der Waals surface area (Å²) in [6.45, 7) is 5.47. The molecule has 4 heteroatoms. The standard InChI is InChI=1S/C24H32N4/c1-18-14-22(12-13-28(18)17-19-8-4-3-5-9-19)27-24(25-2)26-16-21-15-20-10-6-7-11-23(20)21/h3-11,18,21-22H,12-17H2,1-2H3,(H2,25,26,27). The number of guanidine groups is 1. The molecule has 0 radical (unpaired) electrons. The van der Waals surface area contributed by atoms with Gasteiger partial charge in [0.2, 0.25) is 0 Å². The van der Waals surface area contributed by atoms with Gasteiger partial charge in [0.1, 0.15) is 0 Å². The summed E-state index contributed by atoms with van der Waals surface area (Å²) in [5.74, 6) is 1.56. The van der Waals surface area contributed by atoms with E-state index in [4.69, 9.17) is 0 Å². The summed E-state index contributed by atoms with van der Waals surface area (Å²) in [5.41, 5.74) is 4.39. The minimum absolute atomic E-state index is 0.488. The monoisotopic (exact) mass is 376 g/mol. The van der Waals surface area contributed by atoms with Gasteiger partial charge in [-0.05, 0) is 42.9 Å². The Labute approximate surface area is 169 Å². The third-order valence-corrected chi connectivity index (χ3v) is 6.28. The van der Waals surface area contributed by atoms with E-state index >= 15 is 0 Å². The van der Waals surface area contributed by atoms with Gasteiger partial charge in [0.05, 0.1) is 0 Å². The molecule has 2 aromatic rings. The van der Waals surface area contributed by atoms with Crippen molar-refractivity contribution in [1.29, 1.82) is 0 Å². The summed E-state index contributed by atoms with van der Waals surface area (Å²) < 4.78 is 0. The van der Waals surface area contributed by atoms with Crippen LogP contribution in [-0.2, 0) is 13.0 Å². The predicted octanol–water partition coefficient (Wildman–Crippen LogP) is 3.54.